The number of hydrogen-bond acceptors (Lipinski definition) is 32. The number of ether oxygens (including phenoxy) is 2. The van der Waals surface area contributed by atoms with Crippen molar-refractivity contribution in [2.45, 2.75) is 46.1 Å². The van der Waals surface area contributed by atoms with Crippen LogP contribution in [0.3, 0.4) is 0 Å². The number of aromatic nitrogens is 29. The van der Waals surface area contributed by atoms with Crippen molar-refractivity contribution >= 4 is 15.9 Å². The molecule has 144 heavy (non-hydrogen) atoms. The third-order valence-corrected chi connectivity index (χ3v) is 22.7. The fourth-order valence-corrected chi connectivity index (χ4v) is 15.5. The predicted octanol–water partition coefficient (Wildman–Crippen LogP) is 19.3. The van der Waals surface area contributed by atoms with E-state index in [0.717, 1.165) is 75.0 Å². The van der Waals surface area contributed by atoms with Crippen molar-refractivity contribution in [1.82, 2.24) is 151 Å². The fourth-order valence-electron chi connectivity index (χ4n) is 15.0. The topological polar surface area (TPSA) is 421 Å². The third-order valence-electron chi connectivity index (χ3n) is 22.1. The first-order valence-corrected chi connectivity index (χ1v) is 45.2. The summed E-state index contributed by atoms with van der Waals surface area (Å²) < 4.78 is 132. The maximum absolute atomic E-state index is 14.5. The second-order valence-corrected chi connectivity index (χ2v) is 32.1. The second-order valence-electron chi connectivity index (χ2n) is 31.3. The van der Waals surface area contributed by atoms with Crippen molar-refractivity contribution in [1.29, 1.82) is 0 Å². The number of hydrogen-bond donors (Lipinski definition) is 0. The van der Waals surface area contributed by atoms with Gasteiger partial charge in [0.05, 0.1) is 48.5 Å². The molecule has 1 fully saturated rings. The molecule has 0 spiro atoms. The smallest absolute Gasteiger partial charge is 0.281 e. The summed E-state index contributed by atoms with van der Waals surface area (Å²) >= 11 is 3.53. The first-order valence-electron chi connectivity index (χ1n) is 44.4. The number of unbranched alkanes of at least 4 members (excludes halogenated alkanes) is 2. The fraction of sp³-hybridized carbons (Fsp3) is 0.120. The van der Waals surface area contributed by atoms with Crippen molar-refractivity contribution in [3.63, 3.8) is 0 Å². The molecule has 0 radical (unpaired) electrons. The molecule has 0 N–H and O–H groups in total. The molecule has 23 rings (SSSR count). The summed E-state index contributed by atoms with van der Waals surface area (Å²) in [5, 5.41) is 61.7. The molecule has 0 amide bonds. The summed E-state index contributed by atoms with van der Waals surface area (Å²) in [4.78, 5) is 40.3. The minimum absolute atomic E-state index is 0.0329. The standard InChI is InChI=1S/C22H15FN6O2.C21H17F3N6O2.C21H13FN6O.C20H12FN7O.C16H18BrN5O/c1-30-18-9-5-2-6-15(18)21-25-22(31-27-21)19-20(14-10-12-24-13-11-14)29(28-26-19)17-8-4-3-7-16(17)23;22-13-5-6-15(23)14(11-13)20-25-21(32-27-20)19-18(12-29-7-9-31-10-8-29)30(28-26-19)17-4-2-1-3-16(17)24;22-16-8-4-5-9-17(16)28-19(14-10-12-23-13-11-14)18(25-27-28)21-24-20(26-29-21)15-6-2-1-3-7-15;21-15-5-1-2-6-16(15)28-18(13-7-10-22-11-8-13)17(25-27-28)20-24-19(26-29-20)14-4-3-9-23-12-14;1-3-4-5-10-14-18-16(23-20-14)15-11(2)22(21-19-15)13-9-7-6-8-12(13)17/h2-13H,1H3;1-6,11H,7-10,12H2;1-13H;1-12H;6-9H,3-5,10H2,1-2H3. The Morgan fingerprint density at radius 2 is 0.771 bits per heavy atom. The Labute approximate surface area is 820 Å². The summed E-state index contributed by atoms with van der Waals surface area (Å²) in [6.45, 7) is 6.96. The zero-order valence-corrected chi connectivity index (χ0v) is 77.6. The number of benzene rings is 8. The summed E-state index contributed by atoms with van der Waals surface area (Å²) in [6.07, 6.45) is 17.3. The lowest BCUT2D eigenvalue weighted by Crippen LogP contribution is -2.36. The van der Waals surface area contributed by atoms with Crippen LogP contribution in [0.15, 0.2) is 319 Å². The summed E-state index contributed by atoms with van der Waals surface area (Å²) in [6, 6.07) is 67.0. The van der Waals surface area contributed by atoms with Crippen LogP contribution in [0.1, 0.15) is 43.4 Å². The van der Waals surface area contributed by atoms with E-state index in [4.69, 9.17) is 32.1 Å². The van der Waals surface area contributed by atoms with Crippen LogP contribution in [0.5, 0.6) is 5.75 Å². The summed E-state index contributed by atoms with van der Waals surface area (Å²) in [5.74, 6) is 0.161. The Balaban J connectivity index is 0.000000114. The largest absolute Gasteiger partial charge is 0.496 e. The molecule has 1 saturated heterocycles. The van der Waals surface area contributed by atoms with Crippen LogP contribution >= 0.6 is 15.9 Å². The maximum Gasteiger partial charge on any atom is 0.281 e. The highest BCUT2D eigenvalue weighted by Gasteiger charge is 2.32. The lowest BCUT2D eigenvalue weighted by molar-refractivity contribution is 0.0334. The summed E-state index contributed by atoms with van der Waals surface area (Å²) in [7, 11) is 1.57. The molecule has 1 aliphatic heterocycles. The van der Waals surface area contributed by atoms with Gasteiger partial charge in [-0.05, 0) is 169 Å². The molecule has 22 aromatic rings. The highest BCUT2D eigenvalue weighted by molar-refractivity contribution is 9.10. The first kappa shape index (κ1) is 94.5. The van der Waals surface area contributed by atoms with Gasteiger partial charge in [0.15, 0.2) is 34.3 Å². The zero-order valence-electron chi connectivity index (χ0n) is 76.0. The van der Waals surface area contributed by atoms with Crippen molar-refractivity contribution < 1.29 is 58.4 Å². The van der Waals surface area contributed by atoms with Gasteiger partial charge in [0.1, 0.15) is 80.5 Å². The molecule has 0 saturated carbocycles. The van der Waals surface area contributed by atoms with E-state index < -0.39 is 34.9 Å². The highest BCUT2D eigenvalue weighted by atomic mass is 79.9. The van der Waals surface area contributed by atoms with Gasteiger partial charge in [0.2, 0.25) is 23.3 Å². The molecule has 1 aliphatic rings. The Morgan fingerprint density at radius 3 is 1.28 bits per heavy atom. The van der Waals surface area contributed by atoms with Crippen molar-refractivity contribution in [3.8, 4) is 171 Å². The first-order chi connectivity index (χ1) is 70.7. The zero-order chi connectivity index (χ0) is 98.8. The number of nitrogens with zero attached hydrogens (tertiary/aromatic N) is 30. The van der Waals surface area contributed by atoms with E-state index in [2.05, 4.69) is 150 Å². The summed E-state index contributed by atoms with van der Waals surface area (Å²) in [5.41, 5.74) is 10.9. The Bertz CT molecular complexity index is 7900. The number of morpholine rings is 1. The quantitative estimate of drug-likeness (QED) is 0.0400. The average Bonchev–Trinajstić information content (AvgIpc) is 1.62. The van der Waals surface area contributed by atoms with Crippen LogP contribution in [-0.2, 0) is 17.7 Å². The molecule has 716 valence electrons. The number of halogens is 7. The Morgan fingerprint density at radius 1 is 0.354 bits per heavy atom. The number of methoxy groups -OCH3 is 1. The van der Waals surface area contributed by atoms with E-state index in [0.29, 0.717) is 119 Å². The minimum Gasteiger partial charge on any atom is -0.496 e. The van der Waals surface area contributed by atoms with Gasteiger partial charge in [0.25, 0.3) is 29.5 Å². The van der Waals surface area contributed by atoms with Gasteiger partial charge in [-0.15, -0.1) is 25.5 Å². The lowest BCUT2D eigenvalue weighted by Gasteiger charge is -2.26. The number of aryl methyl sites for hydroxylation is 1. The molecule has 14 aromatic heterocycles. The second kappa shape index (κ2) is 44.1. The third kappa shape index (κ3) is 21.0. The highest BCUT2D eigenvalue weighted by Crippen LogP contribution is 2.40. The van der Waals surface area contributed by atoms with Crippen LogP contribution in [0.2, 0.25) is 0 Å². The Kier molecular flexibility index (Phi) is 29.0. The predicted molar refractivity (Wildman–Crippen MR) is 511 cm³/mol. The van der Waals surface area contributed by atoms with Crippen molar-refractivity contribution in [3.05, 3.63) is 349 Å². The van der Waals surface area contributed by atoms with Crippen molar-refractivity contribution in [2.75, 3.05) is 33.4 Å². The molecule has 0 unspecified atom stereocenters. The molecule has 44 heteroatoms. The normalized spacial score (nSPS) is 11.8. The molecule has 15 heterocycles. The van der Waals surface area contributed by atoms with E-state index in [9.17, 15) is 26.3 Å². The maximum atomic E-state index is 14.5. The van der Waals surface area contributed by atoms with Gasteiger partial charge in [0, 0.05) is 108 Å². The molecule has 0 atom stereocenters. The lowest BCUT2D eigenvalue weighted by atomic mass is 10.1. The van der Waals surface area contributed by atoms with E-state index in [1.54, 1.807) is 177 Å². The van der Waals surface area contributed by atoms with E-state index in [1.807, 2.05) is 91.9 Å². The van der Waals surface area contributed by atoms with Gasteiger partial charge in [-0.3, -0.25) is 24.8 Å². The van der Waals surface area contributed by atoms with Gasteiger partial charge < -0.3 is 32.1 Å². The Hall–Kier alpha value is -18.5. The van der Waals surface area contributed by atoms with Gasteiger partial charge in [-0.2, -0.15) is 24.9 Å². The van der Waals surface area contributed by atoms with Crippen LogP contribution in [0.4, 0.5) is 26.3 Å². The van der Waals surface area contributed by atoms with Crippen LogP contribution in [-0.4, -0.2) is 184 Å². The molecule has 8 aromatic carbocycles. The SMILES string of the molecule is CCCCCc1noc(-c2nnn(-c3ccccc3Br)c2C)n1.COc1ccccc1-c1noc(-c2nnn(-c3ccccc3F)c2-c2ccncc2)n1.Fc1ccc(F)c(-c2noc(-c3nnn(-c4ccccc4F)c3CN3CCOCC3)n2)c1.Fc1ccccc1-n1nnc(-c2nc(-c3ccccc3)no2)c1-c1ccncc1.Fc1ccccc1-n1nnc(-c2nc(-c3cccnc3)no2)c1-c1ccncc1. The van der Waals surface area contributed by atoms with E-state index in [-0.39, 0.29) is 63.4 Å². The minimum atomic E-state index is -0.692. The van der Waals surface area contributed by atoms with Crippen LogP contribution in [0, 0.1) is 41.8 Å². The number of rotatable bonds is 24. The number of pyridine rings is 4. The molecule has 0 bridgehead atoms. The van der Waals surface area contributed by atoms with Crippen molar-refractivity contribution in [2.24, 2.45) is 0 Å². The number of para-hydroxylation sites is 6. The molecular weight excluding hydrogens is 1930 g/mol. The molecule has 0 aliphatic carbocycles. The average molecular weight is 2000 g/mol. The van der Waals surface area contributed by atoms with E-state index in [1.165, 1.54) is 55.8 Å². The van der Waals surface area contributed by atoms with Gasteiger partial charge >= 0.3 is 0 Å². The van der Waals surface area contributed by atoms with E-state index >= 15 is 0 Å². The van der Waals surface area contributed by atoms with Gasteiger partial charge in [-0.25, -0.2) is 49.8 Å². The monoisotopic (exact) mass is 2000 g/mol. The van der Waals surface area contributed by atoms with Crippen LogP contribution < -0.4 is 4.74 Å². The van der Waals surface area contributed by atoms with Crippen LogP contribution in [0.25, 0.3) is 166 Å². The molecule has 37 nitrogen and oxygen atoms in total. The molecular formula is C100H75BrF6N30O7. The van der Waals surface area contributed by atoms with Gasteiger partial charge in [-0.1, -0.05) is 175 Å².